The van der Waals surface area contributed by atoms with Crippen molar-refractivity contribution in [1.29, 1.82) is 0 Å². The molecule has 1 aliphatic rings. The van der Waals surface area contributed by atoms with E-state index in [1.807, 2.05) is 18.2 Å². The Morgan fingerprint density at radius 1 is 1.36 bits per heavy atom. The van der Waals surface area contributed by atoms with Crippen LogP contribution in [0.1, 0.15) is 6.42 Å². The van der Waals surface area contributed by atoms with Gasteiger partial charge in [-0.3, -0.25) is 4.79 Å². The van der Waals surface area contributed by atoms with E-state index in [4.69, 9.17) is 11.6 Å². The third-order valence-electron chi connectivity index (χ3n) is 2.33. The van der Waals surface area contributed by atoms with E-state index in [1.54, 1.807) is 11.0 Å². The molecule has 0 bridgehead atoms. The highest BCUT2D eigenvalue weighted by Gasteiger charge is 2.26. The lowest BCUT2D eigenvalue weighted by molar-refractivity contribution is -0.114. The molecule has 1 aromatic rings. The Morgan fingerprint density at radius 3 is 2.64 bits per heavy atom. The molecule has 1 amide bonds. The van der Waals surface area contributed by atoms with Crippen molar-refractivity contribution in [1.82, 2.24) is 0 Å². The summed E-state index contributed by atoms with van der Waals surface area (Å²) < 4.78 is 0. The maximum Gasteiger partial charge on any atom is 0.253 e. The number of carbonyl (C=O) groups excluding carboxylic acids is 1. The number of hydrogen-bond acceptors (Lipinski definition) is 1. The Bertz CT molecular complexity index is 400. The standard InChI is InChI=1S/C11H10ClNO/c1-8-6-7-13(11(8)14)10-5-3-2-4-9(10)12/h2-5H,1,6-7H2. The normalized spacial score (nSPS) is 16.5. The molecule has 72 valence electrons. The number of carbonyl (C=O) groups is 1. The third kappa shape index (κ3) is 1.42. The van der Waals surface area contributed by atoms with Gasteiger partial charge in [0.1, 0.15) is 0 Å². The van der Waals surface area contributed by atoms with E-state index in [-0.39, 0.29) is 5.91 Å². The summed E-state index contributed by atoms with van der Waals surface area (Å²) in [5.74, 6) is -0.0156. The highest BCUT2D eigenvalue weighted by Crippen LogP contribution is 2.29. The average molecular weight is 208 g/mol. The molecule has 1 aliphatic heterocycles. The number of anilines is 1. The van der Waals surface area contributed by atoms with E-state index in [9.17, 15) is 4.79 Å². The van der Waals surface area contributed by atoms with Crippen LogP contribution in [0.5, 0.6) is 0 Å². The summed E-state index contributed by atoms with van der Waals surface area (Å²) in [6, 6.07) is 7.35. The Hall–Kier alpha value is -1.28. The van der Waals surface area contributed by atoms with Crippen LogP contribution < -0.4 is 4.90 Å². The zero-order valence-corrected chi connectivity index (χ0v) is 8.42. The molecule has 0 atom stereocenters. The van der Waals surface area contributed by atoms with E-state index < -0.39 is 0 Å². The number of rotatable bonds is 1. The SMILES string of the molecule is C=C1CCN(c2ccccc2Cl)C1=O. The Morgan fingerprint density at radius 2 is 2.07 bits per heavy atom. The van der Waals surface area contributed by atoms with Gasteiger partial charge in [-0.2, -0.15) is 0 Å². The molecule has 0 aliphatic carbocycles. The van der Waals surface area contributed by atoms with Crippen LogP contribution >= 0.6 is 11.6 Å². The van der Waals surface area contributed by atoms with Crippen LogP contribution in [0.2, 0.25) is 5.02 Å². The highest BCUT2D eigenvalue weighted by atomic mass is 35.5. The van der Waals surface area contributed by atoms with Gasteiger partial charge in [0, 0.05) is 12.1 Å². The lowest BCUT2D eigenvalue weighted by atomic mass is 10.3. The summed E-state index contributed by atoms with van der Waals surface area (Å²) in [6.07, 6.45) is 0.726. The number of hydrogen-bond donors (Lipinski definition) is 0. The van der Waals surface area contributed by atoms with E-state index >= 15 is 0 Å². The number of nitrogens with zero attached hydrogens (tertiary/aromatic N) is 1. The van der Waals surface area contributed by atoms with Crippen molar-refractivity contribution in [2.75, 3.05) is 11.4 Å². The predicted octanol–water partition coefficient (Wildman–Crippen LogP) is 2.63. The molecule has 14 heavy (non-hydrogen) atoms. The summed E-state index contributed by atoms with van der Waals surface area (Å²) in [4.78, 5) is 13.3. The van der Waals surface area contributed by atoms with Crippen molar-refractivity contribution in [3.05, 3.63) is 41.4 Å². The second-order valence-electron chi connectivity index (χ2n) is 3.26. The molecule has 1 heterocycles. The minimum atomic E-state index is -0.0156. The molecule has 0 spiro atoms. The topological polar surface area (TPSA) is 20.3 Å². The first-order valence-corrected chi connectivity index (χ1v) is 4.82. The van der Waals surface area contributed by atoms with Gasteiger partial charge in [0.25, 0.3) is 5.91 Å². The highest BCUT2D eigenvalue weighted by molar-refractivity contribution is 6.34. The van der Waals surface area contributed by atoms with Crippen molar-refractivity contribution >= 4 is 23.2 Å². The van der Waals surface area contributed by atoms with Gasteiger partial charge in [-0.15, -0.1) is 0 Å². The second-order valence-corrected chi connectivity index (χ2v) is 3.67. The van der Waals surface area contributed by atoms with Crippen LogP contribution in [-0.2, 0) is 4.79 Å². The van der Waals surface area contributed by atoms with E-state index in [2.05, 4.69) is 6.58 Å². The fourth-order valence-electron chi connectivity index (χ4n) is 1.55. The predicted molar refractivity (Wildman–Crippen MR) is 57.6 cm³/mol. The van der Waals surface area contributed by atoms with Gasteiger partial charge in [-0.25, -0.2) is 0 Å². The van der Waals surface area contributed by atoms with Gasteiger partial charge in [0.2, 0.25) is 0 Å². The molecule has 2 nitrogen and oxygen atoms in total. The summed E-state index contributed by atoms with van der Waals surface area (Å²) >= 11 is 5.99. The van der Waals surface area contributed by atoms with Crippen LogP contribution in [0.25, 0.3) is 0 Å². The van der Waals surface area contributed by atoms with Gasteiger partial charge < -0.3 is 4.90 Å². The minimum absolute atomic E-state index is 0.0156. The molecule has 1 aromatic carbocycles. The zero-order chi connectivity index (χ0) is 10.1. The van der Waals surface area contributed by atoms with Crippen LogP contribution in [-0.4, -0.2) is 12.5 Å². The van der Waals surface area contributed by atoms with Gasteiger partial charge in [-0.1, -0.05) is 30.3 Å². The lowest BCUT2D eigenvalue weighted by Gasteiger charge is -2.16. The zero-order valence-electron chi connectivity index (χ0n) is 7.66. The largest absolute Gasteiger partial charge is 0.307 e. The number of para-hydroxylation sites is 1. The third-order valence-corrected chi connectivity index (χ3v) is 2.65. The fourth-order valence-corrected chi connectivity index (χ4v) is 1.78. The number of benzene rings is 1. The molecule has 0 saturated carbocycles. The van der Waals surface area contributed by atoms with Crippen molar-refractivity contribution in [3.8, 4) is 0 Å². The van der Waals surface area contributed by atoms with Gasteiger partial charge >= 0.3 is 0 Å². The Balaban J connectivity index is 2.37. The Kier molecular flexibility index (Phi) is 2.30. The molecule has 0 N–H and O–H groups in total. The molecule has 0 aromatic heterocycles. The van der Waals surface area contributed by atoms with E-state index in [0.29, 0.717) is 17.1 Å². The molecule has 0 radical (unpaired) electrons. The van der Waals surface area contributed by atoms with Crippen LogP contribution in [0.15, 0.2) is 36.4 Å². The van der Waals surface area contributed by atoms with Crippen LogP contribution in [0.4, 0.5) is 5.69 Å². The molecule has 0 unspecified atom stereocenters. The molecule has 1 fully saturated rings. The van der Waals surface area contributed by atoms with Gasteiger partial charge in [0.15, 0.2) is 0 Å². The maximum atomic E-state index is 11.6. The fraction of sp³-hybridized carbons (Fsp3) is 0.182. The minimum Gasteiger partial charge on any atom is -0.307 e. The van der Waals surface area contributed by atoms with Gasteiger partial charge in [-0.05, 0) is 18.6 Å². The maximum absolute atomic E-state index is 11.6. The smallest absolute Gasteiger partial charge is 0.253 e. The van der Waals surface area contributed by atoms with Gasteiger partial charge in [0.05, 0.1) is 10.7 Å². The first-order valence-electron chi connectivity index (χ1n) is 4.44. The van der Waals surface area contributed by atoms with E-state index in [1.165, 1.54) is 0 Å². The molecule has 2 rings (SSSR count). The number of amides is 1. The summed E-state index contributed by atoms with van der Waals surface area (Å²) in [7, 11) is 0. The summed E-state index contributed by atoms with van der Waals surface area (Å²) in [5, 5.41) is 0.607. The van der Waals surface area contributed by atoms with Crippen molar-refractivity contribution in [2.45, 2.75) is 6.42 Å². The van der Waals surface area contributed by atoms with Crippen LogP contribution in [0, 0.1) is 0 Å². The average Bonchev–Trinajstić information content (AvgIpc) is 2.49. The molecular formula is C11H10ClNO. The first-order chi connectivity index (χ1) is 6.70. The van der Waals surface area contributed by atoms with Crippen molar-refractivity contribution in [2.24, 2.45) is 0 Å². The van der Waals surface area contributed by atoms with E-state index in [0.717, 1.165) is 12.1 Å². The summed E-state index contributed by atoms with van der Waals surface area (Å²) in [5.41, 5.74) is 1.43. The summed E-state index contributed by atoms with van der Waals surface area (Å²) in [6.45, 7) is 4.39. The molecule has 1 saturated heterocycles. The molecule has 3 heteroatoms. The second kappa shape index (κ2) is 3.46. The monoisotopic (exact) mass is 207 g/mol. The quantitative estimate of drug-likeness (QED) is 0.649. The van der Waals surface area contributed by atoms with Crippen molar-refractivity contribution < 1.29 is 4.79 Å². The lowest BCUT2D eigenvalue weighted by Crippen LogP contribution is -2.24. The van der Waals surface area contributed by atoms with Crippen LogP contribution in [0.3, 0.4) is 0 Å². The van der Waals surface area contributed by atoms with Crippen molar-refractivity contribution in [3.63, 3.8) is 0 Å². The Labute approximate surface area is 87.8 Å². The first kappa shape index (κ1) is 9.28. The number of halogens is 1. The molecular weight excluding hydrogens is 198 g/mol.